The highest BCUT2D eigenvalue weighted by Crippen LogP contribution is 2.16. The van der Waals surface area contributed by atoms with Crippen molar-refractivity contribution in [3.8, 4) is 5.75 Å². The third kappa shape index (κ3) is 8.31. The van der Waals surface area contributed by atoms with Crippen LogP contribution < -0.4 is 20.7 Å². The fourth-order valence-corrected chi connectivity index (χ4v) is 3.27. The summed E-state index contributed by atoms with van der Waals surface area (Å²) in [6, 6.07) is 23.4. The molecule has 0 saturated carbocycles. The molecule has 8 heteroatoms. The Morgan fingerprint density at radius 3 is 2.26 bits per heavy atom. The molecule has 2 amide bonds. The van der Waals surface area contributed by atoms with Gasteiger partial charge in [0, 0.05) is 23.5 Å². The molecule has 0 unspecified atom stereocenters. The second kappa shape index (κ2) is 13.1. The normalized spacial score (nSPS) is 10.3. The van der Waals surface area contributed by atoms with Crippen LogP contribution in [0.1, 0.15) is 22.8 Å². The second-order valence-corrected chi connectivity index (χ2v) is 7.68. The molecule has 3 aromatic rings. The van der Waals surface area contributed by atoms with E-state index < -0.39 is 0 Å². The van der Waals surface area contributed by atoms with Crippen LogP contribution in [-0.2, 0) is 16.0 Å². The maximum atomic E-state index is 12.5. The summed E-state index contributed by atoms with van der Waals surface area (Å²) < 4.78 is 10.8. The van der Waals surface area contributed by atoms with Crippen molar-refractivity contribution in [3.05, 3.63) is 90.0 Å². The molecule has 0 atom stereocenters. The van der Waals surface area contributed by atoms with Gasteiger partial charge in [0.15, 0.2) is 5.11 Å². The van der Waals surface area contributed by atoms with Crippen LogP contribution in [0.25, 0.3) is 0 Å². The molecule has 0 bridgehead atoms. The van der Waals surface area contributed by atoms with Crippen LogP contribution in [0, 0.1) is 0 Å². The zero-order valence-electron chi connectivity index (χ0n) is 18.9. The summed E-state index contributed by atoms with van der Waals surface area (Å²) in [4.78, 5) is 24.8. The molecule has 0 aliphatic carbocycles. The molecule has 0 aliphatic heterocycles. The molecule has 0 radical (unpaired) electrons. The van der Waals surface area contributed by atoms with Crippen molar-refractivity contribution < 1.29 is 19.1 Å². The first kappa shape index (κ1) is 24.9. The lowest BCUT2D eigenvalue weighted by Gasteiger charge is -2.12. The number of thiocarbonyl (C=S) groups is 1. The fraction of sp³-hybridized carbons (Fsp3) is 0.192. The number of nitrogens with one attached hydrogen (secondary N) is 3. The molecule has 7 nitrogen and oxygen atoms in total. The minimum atomic E-state index is -0.342. The Labute approximate surface area is 204 Å². The van der Waals surface area contributed by atoms with Crippen LogP contribution in [0.2, 0.25) is 0 Å². The van der Waals surface area contributed by atoms with Gasteiger partial charge in [-0.25, -0.2) is 0 Å². The number of benzene rings is 3. The third-order valence-corrected chi connectivity index (χ3v) is 4.86. The zero-order valence-corrected chi connectivity index (χ0v) is 19.7. The van der Waals surface area contributed by atoms with Gasteiger partial charge in [-0.05, 0) is 67.2 Å². The van der Waals surface area contributed by atoms with Gasteiger partial charge >= 0.3 is 0 Å². The molecule has 3 rings (SSSR count). The van der Waals surface area contributed by atoms with Gasteiger partial charge in [-0.1, -0.05) is 36.4 Å². The highest BCUT2D eigenvalue weighted by Gasteiger charge is 2.09. The molecule has 3 N–H and O–H groups in total. The standard InChI is InChI=1S/C26H27N3O4S/c1-2-32-15-16-33-23-13-11-20(12-14-23)25(31)29-26(34)28-22-10-6-9-21(18-22)27-24(30)17-19-7-4-3-5-8-19/h3-14,18H,2,15-17H2,1H3,(H,27,30)(H2,28,29,31,34). The molecule has 176 valence electrons. The van der Waals surface area contributed by atoms with E-state index in [0.717, 1.165) is 5.56 Å². The fourth-order valence-electron chi connectivity index (χ4n) is 3.06. The lowest BCUT2D eigenvalue weighted by atomic mass is 10.1. The van der Waals surface area contributed by atoms with Gasteiger partial charge in [0.2, 0.25) is 5.91 Å². The predicted octanol–water partition coefficient (Wildman–Crippen LogP) is 4.41. The summed E-state index contributed by atoms with van der Waals surface area (Å²) in [6.45, 7) is 3.52. The Hall–Kier alpha value is -3.75. The van der Waals surface area contributed by atoms with E-state index in [9.17, 15) is 9.59 Å². The van der Waals surface area contributed by atoms with Crippen molar-refractivity contribution in [1.29, 1.82) is 0 Å². The quantitative estimate of drug-likeness (QED) is 0.296. The van der Waals surface area contributed by atoms with Crippen molar-refractivity contribution in [2.45, 2.75) is 13.3 Å². The van der Waals surface area contributed by atoms with E-state index in [1.54, 1.807) is 48.5 Å². The van der Waals surface area contributed by atoms with Crippen LogP contribution >= 0.6 is 12.2 Å². The SMILES string of the molecule is CCOCCOc1ccc(C(=O)NC(=S)Nc2cccc(NC(=O)Cc3ccccc3)c2)cc1. The number of ether oxygens (including phenoxy) is 2. The summed E-state index contributed by atoms with van der Waals surface area (Å²) >= 11 is 5.27. The summed E-state index contributed by atoms with van der Waals surface area (Å²) in [5.74, 6) is 0.193. The van der Waals surface area contributed by atoms with Crippen molar-refractivity contribution in [2.75, 3.05) is 30.5 Å². The first-order valence-corrected chi connectivity index (χ1v) is 11.3. The van der Waals surface area contributed by atoms with Gasteiger partial charge in [-0.3, -0.25) is 14.9 Å². The number of rotatable bonds is 10. The van der Waals surface area contributed by atoms with Crippen LogP contribution in [0.15, 0.2) is 78.9 Å². The summed E-state index contributed by atoms with van der Waals surface area (Å²) in [5.41, 5.74) is 2.65. The summed E-state index contributed by atoms with van der Waals surface area (Å²) in [7, 11) is 0. The monoisotopic (exact) mass is 477 g/mol. The number of hydrogen-bond donors (Lipinski definition) is 3. The molecule has 0 fully saturated rings. The maximum absolute atomic E-state index is 12.5. The van der Waals surface area contributed by atoms with Crippen molar-refractivity contribution in [1.82, 2.24) is 5.32 Å². The molecule has 0 aromatic heterocycles. The average molecular weight is 478 g/mol. The number of amides is 2. The average Bonchev–Trinajstić information content (AvgIpc) is 2.83. The summed E-state index contributed by atoms with van der Waals surface area (Å²) in [5, 5.41) is 8.63. The first-order chi connectivity index (χ1) is 16.5. The number of carbonyl (C=O) groups excluding carboxylic acids is 2. The van der Waals surface area contributed by atoms with Crippen LogP contribution in [0.4, 0.5) is 11.4 Å². The molecule has 34 heavy (non-hydrogen) atoms. The van der Waals surface area contributed by atoms with Gasteiger partial charge in [0.25, 0.3) is 5.91 Å². The van der Waals surface area contributed by atoms with E-state index in [0.29, 0.717) is 42.5 Å². The lowest BCUT2D eigenvalue weighted by Crippen LogP contribution is -2.34. The first-order valence-electron chi connectivity index (χ1n) is 10.9. The number of hydrogen-bond acceptors (Lipinski definition) is 5. The third-order valence-electron chi connectivity index (χ3n) is 4.66. The molecule has 3 aromatic carbocycles. The number of anilines is 2. The minimum absolute atomic E-state index is 0.121. The van der Waals surface area contributed by atoms with Crippen molar-refractivity contribution in [2.24, 2.45) is 0 Å². The van der Waals surface area contributed by atoms with E-state index in [1.807, 2.05) is 37.3 Å². The van der Waals surface area contributed by atoms with Crippen LogP contribution in [0.5, 0.6) is 5.75 Å². The highest BCUT2D eigenvalue weighted by atomic mass is 32.1. The number of carbonyl (C=O) groups is 2. The van der Waals surface area contributed by atoms with Gasteiger partial charge in [-0.15, -0.1) is 0 Å². The van der Waals surface area contributed by atoms with E-state index in [-0.39, 0.29) is 23.3 Å². The van der Waals surface area contributed by atoms with Crippen molar-refractivity contribution >= 4 is 40.5 Å². The largest absolute Gasteiger partial charge is 0.491 e. The molecule has 0 aliphatic rings. The van der Waals surface area contributed by atoms with Gasteiger partial charge in [-0.2, -0.15) is 0 Å². The van der Waals surface area contributed by atoms with E-state index in [1.165, 1.54) is 0 Å². The summed E-state index contributed by atoms with van der Waals surface area (Å²) in [6.07, 6.45) is 0.281. The molecular weight excluding hydrogens is 450 g/mol. The highest BCUT2D eigenvalue weighted by molar-refractivity contribution is 7.80. The van der Waals surface area contributed by atoms with Gasteiger partial charge < -0.3 is 20.1 Å². The minimum Gasteiger partial charge on any atom is -0.491 e. The lowest BCUT2D eigenvalue weighted by molar-refractivity contribution is -0.115. The Kier molecular flexibility index (Phi) is 9.57. The van der Waals surface area contributed by atoms with E-state index in [2.05, 4.69) is 16.0 Å². The predicted molar refractivity (Wildman–Crippen MR) is 137 cm³/mol. The molecule has 0 spiro atoms. The Balaban J connectivity index is 1.48. The van der Waals surface area contributed by atoms with Gasteiger partial charge in [0.1, 0.15) is 12.4 Å². The van der Waals surface area contributed by atoms with Crippen molar-refractivity contribution in [3.63, 3.8) is 0 Å². The molecule has 0 heterocycles. The second-order valence-electron chi connectivity index (χ2n) is 7.27. The van der Waals surface area contributed by atoms with Crippen LogP contribution in [-0.4, -0.2) is 36.7 Å². The Morgan fingerprint density at radius 1 is 0.853 bits per heavy atom. The maximum Gasteiger partial charge on any atom is 0.257 e. The Bertz CT molecular complexity index is 1100. The molecular formula is C26H27N3O4S. The van der Waals surface area contributed by atoms with E-state index >= 15 is 0 Å². The molecule has 0 saturated heterocycles. The van der Waals surface area contributed by atoms with Gasteiger partial charge in [0.05, 0.1) is 13.0 Å². The van der Waals surface area contributed by atoms with Crippen LogP contribution in [0.3, 0.4) is 0 Å². The zero-order chi connectivity index (χ0) is 24.2. The van der Waals surface area contributed by atoms with E-state index in [4.69, 9.17) is 21.7 Å². The Morgan fingerprint density at radius 2 is 1.56 bits per heavy atom. The topological polar surface area (TPSA) is 88.7 Å². The smallest absolute Gasteiger partial charge is 0.257 e.